The minimum absolute atomic E-state index is 0. The fourth-order valence-electron chi connectivity index (χ4n) is 5.20. The standard InChI is InChI=1S/C33H35FN2O5.Ca.H2O/c1-21(2)31-30(33(41)35-25-11-7-4-8-12-25)29(22-9-5-3-6-10-22)32(23-13-15-24(34)16-14-23)36(31)18-17-26(37)19-27(38)20-28(39)40;;/h3-16,21,26-27,37-38H,17-20H2,1-2H3,(H,35,41)(H,39,40);;1H2/t26-,27-;;/m1../s1. The van der Waals surface area contributed by atoms with Gasteiger partial charge in [-0.2, -0.15) is 0 Å². The van der Waals surface area contributed by atoms with Gasteiger partial charge in [0, 0.05) is 61.2 Å². The van der Waals surface area contributed by atoms with Gasteiger partial charge in [0.15, 0.2) is 0 Å². The van der Waals surface area contributed by atoms with Crippen LogP contribution in [0.5, 0.6) is 0 Å². The van der Waals surface area contributed by atoms with Gasteiger partial charge in [0.2, 0.25) is 0 Å². The van der Waals surface area contributed by atoms with E-state index in [0.29, 0.717) is 28.1 Å². The van der Waals surface area contributed by atoms with E-state index < -0.39 is 24.6 Å². The summed E-state index contributed by atoms with van der Waals surface area (Å²) < 4.78 is 16.0. The summed E-state index contributed by atoms with van der Waals surface area (Å²) in [6.07, 6.45) is -2.51. The molecule has 0 unspecified atom stereocenters. The van der Waals surface area contributed by atoms with Crippen molar-refractivity contribution in [2.24, 2.45) is 0 Å². The Kier molecular flexibility index (Phi) is 14.0. The number of aliphatic hydroxyl groups excluding tert-OH is 2. The van der Waals surface area contributed by atoms with E-state index in [0.717, 1.165) is 11.3 Å². The zero-order chi connectivity index (χ0) is 29.5. The molecule has 2 radical (unpaired) electrons. The van der Waals surface area contributed by atoms with E-state index in [9.17, 15) is 24.2 Å². The number of aromatic nitrogens is 1. The largest absolute Gasteiger partial charge is 0.481 e. The molecule has 0 aliphatic rings. The number of halogens is 1. The third-order valence-corrected chi connectivity index (χ3v) is 6.93. The first-order valence-corrected chi connectivity index (χ1v) is 13.7. The van der Waals surface area contributed by atoms with E-state index in [1.807, 2.05) is 79.1 Å². The zero-order valence-electron chi connectivity index (χ0n) is 24.3. The van der Waals surface area contributed by atoms with Gasteiger partial charge in [-0.25, -0.2) is 4.39 Å². The van der Waals surface area contributed by atoms with E-state index in [-0.39, 0.29) is 80.2 Å². The molecule has 0 aliphatic carbocycles. The Morgan fingerprint density at radius 3 is 2.00 bits per heavy atom. The molecule has 4 aromatic rings. The molecule has 224 valence electrons. The van der Waals surface area contributed by atoms with Crippen molar-refractivity contribution in [1.82, 2.24) is 4.57 Å². The Morgan fingerprint density at radius 1 is 0.860 bits per heavy atom. The molecule has 1 heterocycles. The number of nitrogens with one attached hydrogen (secondary N) is 1. The molecule has 3 aromatic carbocycles. The van der Waals surface area contributed by atoms with Crippen LogP contribution in [-0.2, 0) is 11.3 Å². The van der Waals surface area contributed by atoms with Crippen LogP contribution in [0.25, 0.3) is 22.4 Å². The maximum absolute atomic E-state index is 14.0. The van der Waals surface area contributed by atoms with Crippen LogP contribution in [0, 0.1) is 5.82 Å². The van der Waals surface area contributed by atoms with Gasteiger partial charge in [-0.3, -0.25) is 9.59 Å². The summed E-state index contributed by atoms with van der Waals surface area (Å²) in [5.41, 5.74) is 4.77. The topological polar surface area (TPSA) is 143 Å². The number of anilines is 1. The number of hydrogen-bond donors (Lipinski definition) is 4. The Labute approximate surface area is 280 Å². The molecule has 0 saturated carbocycles. The SMILES string of the molecule is CC(C)c1c(C(=O)Nc2ccccc2)c(-c2ccccc2)c(-c2ccc(F)cc2)n1CC[C@@H](O)C[C@@H](O)CC(=O)O.O.[Ca]. The van der Waals surface area contributed by atoms with Gasteiger partial charge in [0.25, 0.3) is 5.91 Å². The van der Waals surface area contributed by atoms with Crippen molar-refractivity contribution in [3.05, 3.63) is 102 Å². The molecule has 6 N–H and O–H groups in total. The van der Waals surface area contributed by atoms with E-state index in [1.165, 1.54) is 12.1 Å². The normalized spacial score (nSPS) is 12.1. The van der Waals surface area contributed by atoms with Crippen LogP contribution >= 0.6 is 0 Å². The van der Waals surface area contributed by atoms with Crippen molar-refractivity contribution in [3.63, 3.8) is 0 Å². The average Bonchev–Trinajstić information content (AvgIpc) is 3.28. The smallest absolute Gasteiger partial charge is 0.305 e. The molecule has 1 aromatic heterocycles. The predicted molar refractivity (Wildman–Crippen MR) is 167 cm³/mol. The second-order valence-corrected chi connectivity index (χ2v) is 10.4. The molecule has 0 spiro atoms. The molecular weight excluding hydrogens is 579 g/mol. The van der Waals surface area contributed by atoms with Gasteiger partial charge in [0.05, 0.1) is 29.9 Å². The van der Waals surface area contributed by atoms with Crippen molar-refractivity contribution in [2.45, 2.75) is 57.8 Å². The fraction of sp³-hybridized carbons (Fsp3) is 0.273. The molecule has 0 aliphatic heterocycles. The second kappa shape index (κ2) is 16.7. The number of carbonyl (C=O) groups is 2. The number of carbonyl (C=O) groups excluding carboxylic acids is 1. The Balaban J connectivity index is 0.00000323. The molecule has 0 fully saturated rings. The fourth-order valence-corrected chi connectivity index (χ4v) is 5.20. The van der Waals surface area contributed by atoms with Crippen LogP contribution < -0.4 is 5.32 Å². The average molecular weight is 617 g/mol. The molecular formula is C33H37CaFN2O6. The van der Waals surface area contributed by atoms with Crippen molar-refractivity contribution < 1.29 is 34.8 Å². The number of amides is 1. The van der Waals surface area contributed by atoms with Crippen molar-refractivity contribution in [3.8, 4) is 22.4 Å². The van der Waals surface area contributed by atoms with Gasteiger partial charge in [0.1, 0.15) is 5.82 Å². The summed E-state index contributed by atoms with van der Waals surface area (Å²) in [6, 6.07) is 24.8. The van der Waals surface area contributed by atoms with E-state index in [1.54, 1.807) is 12.1 Å². The number of hydrogen-bond acceptors (Lipinski definition) is 4. The van der Waals surface area contributed by atoms with Gasteiger partial charge in [-0.15, -0.1) is 0 Å². The number of aliphatic hydroxyl groups is 2. The van der Waals surface area contributed by atoms with E-state index in [4.69, 9.17) is 5.11 Å². The minimum atomic E-state index is -1.18. The number of benzene rings is 3. The summed E-state index contributed by atoms with van der Waals surface area (Å²) in [5, 5.41) is 32.8. The first-order chi connectivity index (χ1) is 19.7. The van der Waals surface area contributed by atoms with Crippen LogP contribution in [0.3, 0.4) is 0 Å². The summed E-state index contributed by atoms with van der Waals surface area (Å²) in [5.74, 6) is -1.93. The van der Waals surface area contributed by atoms with Crippen LogP contribution in [0.4, 0.5) is 10.1 Å². The Hall–Kier alpha value is -3.05. The van der Waals surface area contributed by atoms with Crippen LogP contribution in [-0.4, -0.2) is 87.2 Å². The van der Waals surface area contributed by atoms with Gasteiger partial charge in [-0.1, -0.05) is 62.4 Å². The van der Waals surface area contributed by atoms with Crippen molar-refractivity contribution in [1.29, 1.82) is 0 Å². The molecule has 2 atom stereocenters. The molecule has 8 nitrogen and oxygen atoms in total. The number of aliphatic carboxylic acids is 1. The van der Waals surface area contributed by atoms with Crippen molar-refractivity contribution >= 4 is 55.3 Å². The molecule has 1 amide bonds. The van der Waals surface area contributed by atoms with Crippen LogP contribution in [0.15, 0.2) is 84.9 Å². The monoisotopic (exact) mass is 616 g/mol. The molecule has 10 heteroatoms. The maximum atomic E-state index is 14.0. The quantitative estimate of drug-likeness (QED) is 0.164. The van der Waals surface area contributed by atoms with Crippen LogP contribution in [0.2, 0.25) is 0 Å². The molecule has 4 rings (SSSR count). The number of carboxylic acid groups (broad SMARTS) is 1. The van der Waals surface area contributed by atoms with Crippen LogP contribution in [0.1, 0.15) is 55.1 Å². The number of para-hydroxylation sites is 1. The van der Waals surface area contributed by atoms with Gasteiger partial charge in [-0.05, 0) is 66.3 Å². The summed E-state index contributed by atoms with van der Waals surface area (Å²) in [6.45, 7) is 4.25. The maximum Gasteiger partial charge on any atom is 0.305 e. The molecule has 43 heavy (non-hydrogen) atoms. The predicted octanol–water partition coefficient (Wildman–Crippen LogP) is 5.11. The second-order valence-electron chi connectivity index (χ2n) is 10.4. The zero-order valence-corrected chi connectivity index (χ0v) is 26.5. The van der Waals surface area contributed by atoms with Gasteiger partial charge < -0.3 is 30.7 Å². The number of nitrogens with zero attached hydrogens (tertiary/aromatic N) is 1. The first-order valence-electron chi connectivity index (χ1n) is 13.7. The minimum Gasteiger partial charge on any atom is -0.481 e. The number of rotatable bonds is 12. The first kappa shape index (κ1) is 36.1. The van der Waals surface area contributed by atoms with Gasteiger partial charge >= 0.3 is 5.97 Å². The summed E-state index contributed by atoms with van der Waals surface area (Å²) in [7, 11) is 0. The third kappa shape index (κ3) is 9.22. The third-order valence-electron chi connectivity index (χ3n) is 6.93. The Bertz CT molecular complexity index is 1480. The Morgan fingerprint density at radius 2 is 1.44 bits per heavy atom. The number of carboxylic acids is 1. The van der Waals surface area contributed by atoms with E-state index >= 15 is 0 Å². The summed E-state index contributed by atoms with van der Waals surface area (Å²) >= 11 is 0. The van der Waals surface area contributed by atoms with Crippen molar-refractivity contribution in [2.75, 3.05) is 5.32 Å². The molecule has 0 bridgehead atoms. The molecule has 0 saturated heterocycles. The summed E-state index contributed by atoms with van der Waals surface area (Å²) in [4.78, 5) is 25.0. The van der Waals surface area contributed by atoms with E-state index in [2.05, 4.69) is 5.32 Å².